The Morgan fingerprint density at radius 3 is 2.40 bits per heavy atom. The van der Waals surface area contributed by atoms with E-state index in [0.717, 1.165) is 37.4 Å². The van der Waals surface area contributed by atoms with Crippen LogP contribution in [0.25, 0.3) is 0 Å². The highest BCUT2D eigenvalue weighted by Gasteiger charge is 2.36. The summed E-state index contributed by atoms with van der Waals surface area (Å²) in [4.78, 5) is 25.3. The van der Waals surface area contributed by atoms with Crippen molar-refractivity contribution in [3.63, 3.8) is 0 Å². The van der Waals surface area contributed by atoms with Crippen LogP contribution in [0, 0.1) is 0 Å². The fourth-order valence-corrected chi connectivity index (χ4v) is 3.53. The minimum Gasteiger partial charge on any atom is -0.350 e. The molecule has 1 aliphatic heterocycles. The van der Waals surface area contributed by atoms with Gasteiger partial charge in [0.15, 0.2) is 0 Å². The number of aromatic nitrogens is 2. The average molecular weight is 337 g/mol. The summed E-state index contributed by atoms with van der Waals surface area (Å²) in [5, 5.41) is 2.98. The Morgan fingerprint density at radius 2 is 1.76 bits per heavy atom. The lowest BCUT2D eigenvalue weighted by molar-refractivity contribution is 0.193. The lowest BCUT2D eigenvalue weighted by atomic mass is 10.0. The summed E-state index contributed by atoms with van der Waals surface area (Å²) >= 11 is 0. The maximum atomic E-state index is 12.4. The Kier molecular flexibility index (Phi) is 4.50. The number of nitrogens with one attached hydrogen (secondary N) is 1. The van der Waals surface area contributed by atoms with Crippen molar-refractivity contribution in [3.8, 4) is 0 Å². The van der Waals surface area contributed by atoms with Gasteiger partial charge in [-0.1, -0.05) is 18.2 Å². The van der Waals surface area contributed by atoms with E-state index in [1.54, 1.807) is 12.5 Å². The number of anilines is 2. The summed E-state index contributed by atoms with van der Waals surface area (Å²) in [5.41, 5.74) is 0.843. The molecule has 130 valence electrons. The lowest BCUT2D eigenvalue weighted by Gasteiger charge is -2.39. The van der Waals surface area contributed by atoms with Gasteiger partial charge in [0, 0.05) is 37.1 Å². The Bertz CT molecular complexity index is 696. The summed E-state index contributed by atoms with van der Waals surface area (Å²) in [5.74, 6) is 1.02. The van der Waals surface area contributed by atoms with Gasteiger partial charge in [0.1, 0.15) is 12.1 Å². The molecule has 1 aromatic carbocycles. The Hall–Kier alpha value is -2.63. The highest BCUT2D eigenvalue weighted by Crippen LogP contribution is 2.35. The second-order valence-corrected chi connectivity index (χ2v) is 6.72. The number of carbonyl (C=O) groups is 1. The number of carbonyl (C=O) groups excluding carboxylic acids is 1. The molecule has 0 bridgehead atoms. The van der Waals surface area contributed by atoms with Crippen LogP contribution in [0.3, 0.4) is 0 Å². The molecule has 1 aromatic heterocycles. The van der Waals surface area contributed by atoms with E-state index < -0.39 is 0 Å². The maximum Gasteiger partial charge on any atom is 0.321 e. The molecule has 1 saturated heterocycles. The van der Waals surface area contributed by atoms with Crippen LogP contribution < -0.4 is 10.2 Å². The summed E-state index contributed by atoms with van der Waals surface area (Å²) in [6.45, 7) is 1.55. The summed E-state index contributed by atoms with van der Waals surface area (Å²) in [6.07, 6.45) is 7.84. The van der Waals surface area contributed by atoms with Crippen molar-refractivity contribution >= 4 is 17.5 Å². The van der Waals surface area contributed by atoms with Crippen LogP contribution in [-0.2, 0) is 0 Å². The third-order valence-electron chi connectivity index (χ3n) is 4.94. The smallest absolute Gasteiger partial charge is 0.321 e. The van der Waals surface area contributed by atoms with Gasteiger partial charge >= 0.3 is 6.03 Å². The number of hydrogen-bond donors (Lipinski definition) is 1. The fourth-order valence-electron chi connectivity index (χ4n) is 3.53. The number of para-hydroxylation sites is 1. The zero-order valence-electron chi connectivity index (χ0n) is 14.2. The maximum absolute atomic E-state index is 12.4. The first-order chi connectivity index (χ1) is 12.3. The van der Waals surface area contributed by atoms with Gasteiger partial charge in [0.25, 0.3) is 0 Å². The van der Waals surface area contributed by atoms with E-state index in [2.05, 4.69) is 20.2 Å². The molecule has 1 saturated carbocycles. The van der Waals surface area contributed by atoms with Crippen LogP contribution in [0.2, 0.25) is 0 Å². The number of nitrogens with zero attached hydrogens (tertiary/aromatic N) is 4. The van der Waals surface area contributed by atoms with Gasteiger partial charge in [-0.2, -0.15) is 0 Å². The van der Waals surface area contributed by atoms with Gasteiger partial charge in [-0.25, -0.2) is 14.8 Å². The van der Waals surface area contributed by atoms with Crippen molar-refractivity contribution in [3.05, 3.63) is 48.9 Å². The molecule has 2 aliphatic rings. The van der Waals surface area contributed by atoms with Gasteiger partial charge < -0.3 is 15.1 Å². The zero-order chi connectivity index (χ0) is 17.1. The minimum atomic E-state index is -0.00958. The summed E-state index contributed by atoms with van der Waals surface area (Å²) < 4.78 is 0. The van der Waals surface area contributed by atoms with Crippen LogP contribution in [0.15, 0.2) is 48.9 Å². The number of benzene rings is 1. The normalized spacial score (nSPS) is 18.0. The molecule has 2 heterocycles. The molecule has 0 spiro atoms. The molecule has 2 amide bonds. The molecule has 2 fully saturated rings. The molecule has 25 heavy (non-hydrogen) atoms. The van der Waals surface area contributed by atoms with E-state index >= 15 is 0 Å². The minimum absolute atomic E-state index is 0.00958. The molecule has 0 unspecified atom stereocenters. The molecule has 1 aliphatic carbocycles. The van der Waals surface area contributed by atoms with Gasteiger partial charge in [-0.3, -0.25) is 0 Å². The van der Waals surface area contributed by atoms with Crippen LogP contribution in [0.4, 0.5) is 16.3 Å². The van der Waals surface area contributed by atoms with Gasteiger partial charge in [-0.05, 0) is 43.9 Å². The van der Waals surface area contributed by atoms with Crippen molar-refractivity contribution in [2.24, 2.45) is 0 Å². The third-order valence-corrected chi connectivity index (χ3v) is 4.94. The Labute approximate surface area is 147 Å². The lowest BCUT2D eigenvalue weighted by Crippen LogP contribution is -2.49. The summed E-state index contributed by atoms with van der Waals surface area (Å²) in [6, 6.07) is 12.7. The van der Waals surface area contributed by atoms with E-state index in [4.69, 9.17) is 0 Å². The Morgan fingerprint density at radius 1 is 1.04 bits per heavy atom. The largest absolute Gasteiger partial charge is 0.350 e. The molecule has 0 radical (unpaired) electrons. The van der Waals surface area contributed by atoms with Crippen molar-refractivity contribution in [2.75, 3.05) is 23.3 Å². The number of urea groups is 1. The number of rotatable bonds is 4. The molecular weight excluding hydrogens is 314 g/mol. The summed E-state index contributed by atoms with van der Waals surface area (Å²) in [7, 11) is 0. The monoisotopic (exact) mass is 337 g/mol. The van der Waals surface area contributed by atoms with Gasteiger partial charge in [-0.15, -0.1) is 0 Å². The first kappa shape index (κ1) is 15.9. The van der Waals surface area contributed by atoms with Gasteiger partial charge in [0.05, 0.1) is 0 Å². The molecule has 4 rings (SSSR count). The standard InChI is InChI=1S/C19H23N5O/c25-19(22-15-4-2-1-3-5-15)23-12-9-17(10-13-23)24(16-6-7-16)18-8-11-20-14-21-18/h1-5,8,11,14,16-17H,6-7,9-10,12-13H2,(H,22,25). The number of hydrogen-bond acceptors (Lipinski definition) is 4. The van der Waals surface area contributed by atoms with Crippen molar-refractivity contribution < 1.29 is 4.79 Å². The fraction of sp³-hybridized carbons (Fsp3) is 0.421. The first-order valence-electron chi connectivity index (χ1n) is 8.96. The molecule has 2 aromatic rings. The second-order valence-electron chi connectivity index (χ2n) is 6.72. The predicted molar refractivity (Wildman–Crippen MR) is 97.6 cm³/mol. The third kappa shape index (κ3) is 3.73. The SMILES string of the molecule is O=C(Nc1ccccc1)N1CCC(N(c2ccncn2)C2CC2)CC1. The van der Waals surface area contributed by atoms with E-state index in [-0.39, 0.29) is 6.03 Å². The van der Waals surface area contributed by atoms with Crippen molar-refractivity contribution in [1.29, 1.82) is 0 Å². The number of likely N-dealkylation sites (tertiary alicyclic amines) is 1. The molecule has 1 N–H and O–H groups in total. The highest BCUT2D eigenvalue weighted by atomic mass is 16.2. The quantitative estimate of drug-likeness (QED) is 0.931. The average Bonchev–Trinajstić information content (AvgIpc) is 3.49. The van der Waals surface area contributed by atoms with Crippen LogP contribution in [0.1, 0.15) is 25.7 Å². The predicted octanol–water partition coefficient (Wildman–Crippen LogP) is 3.14. The van der Waals surface area contributed by atoms with E-state index in [0.29, 0.717) is 12.1 Å². The Balaban J connectivity index is 1.36. The topological polar surface area (TPSA) is 61.4 Å². The van der Waals surface area contributed by atoms with E-state index in [9.17, 15) is 4.79 Å². The van der Waals surface area contributed by atoms with Crippen LogP contribution in [0.5, 0.6) is 0 Å². The van der Waals surface area contributed by atoms with Crippen LogP contribution in [-0.4, -0.2) is 46.1 Å². The molecular formula is C19H23N5O. The number of amides is 2. The molecule has 6 nitrogen and oxygen atoms in total. The van der Waals surface area contributed by atoms with E-state index in [1.807, 2.05) is 41.3 Å². The first-order valence-corrected chi connectivity index (χ1v) is 8.96. The van der Waals surface area contributed by atoms with Crippen molar-refractivity contribution in [2.45, 2.75) is 37.8 Å². The van der Waals surface area contributed by atoms with Gasteiger partial charge in [0.2, 0.25) is 0 Å². The highest BCUT2D eigenvalue weighted by molar-refractivity contribution is 5.89. The molecule has 6 heteroatoms. The number of piperidine rings is 1. The second kappa shape index (κ2) is 7.09. The van der Waals surface area contributed by atoms with Crippen LogP contribution >= 0.6 is 0 Å². The van der Waals surface area contributed by atoms with Crippen molar-refractivity contribution in [1.82, 2.24) is 14.9 Å². The zero-order valence-corrected chi connectivity index (χ0v) is 14.2. The molecule has 0 atom stereocenters. The van der Waals surface area contributed by atoms with E-state index in [1.165, 1.54) is 12.8 Å².